The Labute approximate surface area is 175 Å². The second-order valence-electron chi connectivity index (χ2n) is 6.94. The average Bonchev–Trinajstić information content (AvgIpc) is 3.20. The molecule has 2 heterocycles. The van der Waals surface area contributed by atoms with Crippen molar-refractivity contribution in [3.05, 3.63) is 42.2 Å². The number of aromatic nitrogens is 1. The Morgan fingerprint density at radius 2 is 1.90 bits per heavy atom. The first-order valence-electron chi connectivity index (χ1n) is 9.77. The smallest absolute Gasteiger partial charge is 0.313 e. The fourth-order valence-corrected chi connectivity index (χ4v) is 3.48. The summed E-state index contributed by atoms with van der Waals surface area (Å²) in [6, 6.07) is 8.88. The molecule has 9 nitrogen and oxygen atoms in total. The van der Waals surface area contributed by atoms with Crippen LogP contribution in [0.25, 0.3) is 0 Å². The molecule has 0 saturated carbocycles. The van der Waals surface area contributed by atoms with Crippen LogP contribution in [0.2, 0.25) is 0 Å². The summed E-state index contributed by atoms with van der Waals surface area (Å²) >= 11 is 0. The largest absolute Gasteiger partial charge is 0.497 e. The Morgan fingerprint density at radius 3 is 2.53 bits per heavy atom. The van der Waals surface area contributed by atoms with E-state index in [1.165, 1.54) is 14.2 Å². The lowest BCUT2D eigenvalue weighted by molar-refractivity contribution is -0.136. The van der Waals surface area contributed by atoms with Crippen LogP contribution in [-0.2, 0) is 21.4 Å². The van der Waals surface area contributed by atoms with Gasteiger partial charge in [0.05, 0.1) is 39.2 Å². The normalized spacial score (nSPS) is 15.3. The minimum Gasteiger partial charge on any atom is -0.497 e. The van der Waals surface area contributed by atoms with Crippen LogP contribution in [0.5, 0.6) is 11.5 Å². The van der Waals surface area contributed by atoms with E-state index in [9.17, 15) is 9.59 Å². The highest BCUT2D eigenvalue weighted by Crippen LogP contribution is 2.29. The number of rotatable bonds is 7. The van der Waals surface area contributed by atoms with Gasteiger partial charge in [-0.05, 0) is 24.3 Å². The van der Waals surface area contributed by atoms with E-state index in [0.29, 0.717) is 36.9 Å². The Kier molecular flexibility index (Phi) is 7.31. The molecule has 1 aromatic heterocycles. The maximum absolute atomic E-state index is 12.5. The van der Waals surface area contributed by atoms with Gasteiger partial charge in [0.25, 0.3) is 0 Å². The quantitative estimate of drug-likeness (QED) is 0.658. The number of anilines is 1. The van der Waals surface area contributed by atoms with Crippen LogP contribution in [0.15, 0.2) is 36.5 Å². The molecule has 9 heteroatoms. The third kappa shape index (κ3) is 5.11. The van der Waals surface area contributed by atoms with Gasteiger partial charge in [0.15, 0.2) is 0 Å². The van der Waals surface area contributed by atoms with Gasteiger partial charge in [0.1, 0.15) is 11.5 Å². The van der Waals surface area contributed by atoms with Crippen LogP contribution in [0.4, 0.5) is 5.69 Å². The lowest BCUT2D eigenvalue weighted by atomic mass is 10.1. The van der Waals surface area contributed by atoms with Crippen molar-refractivity contribution in [1.82, 2.24) is 14.8 Å². The van der Waals surface area contributed by atoms with Crippen molar-refractivity contribution in [2.45, 2.75) is 6.04 Å². The minimum absolute atomic E-state index is 0.0545. The summed E-state index contributed by atoms with van der Waals surface area (Å²) in [6.07, 6.45) is 1.97. The Hall–Kier alpha value is -3.04. The topological polar surface area (TPSA) is 94.1 Å². The first-order chi connectivity index (χ1) is 14.5. The van der Waals surface area contributed by atoms with E-state index in [1.807, 2.05) is 29.9 Å². The van der Waals surface area contributed by atoms with E-state index >= 15 is 0 Å². The van der Waals surface area contributed by atoms with Crippen LogP contribution in [-0.4, -0.2) is 68.3 Å². The Bertz CT molecular complexity index is 876. The van der Waals surface area contributed by atoms with Crippen LogP contribution in [0.3, 0.4) is 0 Å². The number of benzene rings is 1. The first-order valence-corrected chi connectivity index (χ1v) is 9.77. The molecular formula is C21H28N4O5. The summed E-state index contributed by atoms with van der Waals surface area (Å²) in [5, 5.41) is 5.35. The van der Waals surface area contributed by atoms with Gasteiger partial charge in [-0.1, -0.05) is 0 Å². The van der Waals surface area contributed by atoms with Crippen molar-refractivity contribution in [2.75, 3.05) is 52.4 Å². The average molecular weight is 416 g/mol. The number of hydrogen-bond donors (Lipinski definition) is 2. The number of carbonyl (C=O) groups is 2. The monoisotopic (exact) mass is 416 g/mol. The highest BCUT2D eigenvalue weighted by Gasteiger charge is 2.26. The number of methoxy groups -OCH3 is 2. The number of amides is 2. The van der Waals surface area contributed by atoms with E-state index in [4.69, 9.17) is 14.2 Å². The maximum atomic E-state index is 12.5. The highest BCUT2D eigenvalue weighted by atomic mass is 16.5. The van der Waals surface area contributed by atoms with Crippen molar-refractivity contribution < 1.29 is 23.8 Å². The van der Waals surface area contributed by atoms with Gasteiger partial charge in [-0.25, -0.2) is 0 Å². The van der Waals surface area contributed by atoms with Crippen molar-refractivity contribution in [3.63, 3.8) is 0 Å². The third-order valence-electron chi connectivity index (χ3n) is 5.13. The molecule has 0 unspecified atom stereocenters. The van der Waals surface area contributed by atoms with Crippen LogP contribution in [0.1, 0.15) is 11.7 Å². The molecule has 2 N–H and O–H groups in total. The molecule has 0 aliphatic carbocycles. The fourth-order valence-electron chi connectivity index (χ4n) is 3.48. The lowest BCUT2D eigenvalue weighted by Crippen LogP contribution is -2.46. The van der Waals surface area contributed by atoms with E-state index in [2.05, 4.69) is 15.5 Å². The zero-order valence-corrected chi connectivity index (χ0v) is 17.5. The maximum Gasteiger partial charge on any atom is 0.313 e. The van der Waals surface area contributed by atoms with Crippen molar-refractivity contribution >= 4 is 17.5 Å². The molecule has 30 heavy (non-hydrogen) atoms. The van der Waals surface area contributed by atoms with Gasteiger partial charge in [-0.2, -0.15) is 0 Å². The van der Waals surface area contributed by atoms with Crippen molar-refractivity contribution in [3.8, 4) is 11.5 Å². The second-order valence-corrected chi connectivity index (χ2v) is 6.94. The molecule has 1 saturated heterocycles. The number of carbonyl (C=O) groups excluding carboxylic acids is 2. The lowest BCUT2D eigenvalue weighted by Gasteiger charge is -2.34. The molecule has 2 aromatic rings. The van der Waals surface area contributed by atoms with E-state index in [-0.39, 0.29) is 6.04 Å². The molecule has 1 atom stereocenters. The van der Waals surface area contributed by atoms with Gasteiger partial charge >= 0.3 is 11.8 Å². The third-order valence-corrected chi connectivity index (χ3v) is 5.13. The van der Waals surface area contributed by atoms with Gasteiger partial charge in [-0.15, -0.1) is 0 Å². The van der Waals surface area contributed by atoms with Crippen LogP contribution in [0, 0.1) is 0 Å². The van der Waals surface area contributed by atoms with Crippen molar-refractivity contribution in [2.24, 2.45) is 7.05 Å². The number of hydrogen-bond acceptors (Lipinski definition) is 6. The zero-order chi connectivity index (χ0) is 21.5. The van der Waals surface area contributed by atoms with Gasteiger partial charge < -0.3 is 29.4 Å². The standard InChI is InChI=1S/C21H28N4O5/c1-24-8-4-5-17(24)18(25-9-11-30-12-10-25)14-22-20(26)21(27)23-16-7-6-15(28-2)13-19(16)29-3/h4-8,13,18H,9-12,14H2,1-3H3,(H,22,26)(H,23,27)/t18-/m1/s1. The summed E-state index contributed by atoms with van der Waals surface area (Å²) in [4.78, 5) is 27.2. The van der Waals surface area contributed by atoms with Crippen LogP contribution >= 0.6 is 0 Å². The van der Waals surface area contributed by atoms with E-state index < -0.39 is 11.8 Å². The van der Waals surface area contributed by atoms with Gasteiger partial charge in [-0.3, -0.25) is 14.5 Å². The SMILES string of the molecule is COc1ccc(NC(=O)C(=O)NC[C@H](c2cccn2C)N2CCOCC2)c(OC)c1. The molecule has 1 fully saturated rings. The Morgan fingerprint density at radius 1 is 1.13 bits per heavy atom. The summed E-state index contributed by atoms with van der Waals surface area (Å²) in [5.41, 5.74) is 1.46. The predicted molar refractivity (Wildman–Crippen MR) is 112 cm³/mol. The highest BCUT2D eigenvalue weighted by molar-refractivity contribution is 6.39. The van der Waals surface area contributed by atoms with Crippen LogP contribution < -0.4 is 20.1 Å². The fraction of sp³-hybridized carbons (Fsp3) is 0.429. The number of nitrogens with one attached hydrogen (secondary N) is 2. The summed E-state index contributed by atoms with van der Waals surface area (Å²) in [6.45, 7) is 3.13. The molecule has 3 rings (SSSR count). The predicted octanol–water partition coefficient (Wildman–Crippen LogP) is 1.17. The molecular weight excluding hydrogens is 388 g/mol. The molecule has 1 aliphatic rings. The molecule has 1 aromatic carbocycles. The molecule has 162 valence electrons. The summed E-state index contributed by atoms with van der Waals surface area (Å²) in [7, 11) is 4.99. The van der Waals surface area contributed by atoms with E-state index in [1.54, 1.807) is 18.2 Å². The number of ether oxygens (including phenoxy) is 3. The summed E-state index contributed by atoms with van der Waals surface area (Å²) < 4.78 is 17.9. The molecule has 2 amide bonds. The van der Waals surface area contributed by atoms with Crippen molar-refractivity contribution in [1.29, 1.82) is 0 Å². The summed E-state index contributed by atoms with van der Waals surface area (Å²) in [5.74, 6) is -0.470. The second kappa shape index (κ2) is 10.1. The molecule has 0 spiro atoms. The molecule has 0 bridgehead atoms. The molecule has 1 aliphatic heterocycles. The number of nitrogens with zero attached hydrogens (tertiary/aromatic N) is 2. The first kappa shape index (κ1) is 21.7. The van der Waals surface area contributed by atoms with Gasteiger partial charge in [0, 0.05) is 44.6 Å². The minimum atomic E-state index is -0.758. The van der Waals surface area contributed by atoms with Gasteiger partial charge in [0.2, 0.25) is 0 Å². The number of morpholine rings is 1. The number of aryl methyl sites for hydroxylation is 1. The molecule has 0 radical (unpaired) electrons. The zero-order valence-electron chi connectivity index (χ0n) is 17.5. The Balaban J connectivity index is 1.65. The van der Waals surface area contributed by atoms with E-state index in [0.717, 1.165) is 18.8 Å².